The number of hydrogen-bond acceptors (Lipinski definition) is 4. The van der Waals surface area contributed by atoms with Gasteiger partial charge in [-0.25, -0.2) is 4.98 Å². The van der Waals surface area contributed by atoms with Crippen molar-refractivity contribution >= 4 is 22.7 Å². The van der Waals surface area contributed by atoms with Gasteiger partial charge in [0.1, 0.15) is 5.82 Å². The van der Waals surface area contributed by atoms with Crippen LogP contribution >= 0.6 is 0 Å². The number of rotatable bonds is 2. The van der Waals surface area contributed by atoms with Gasteiger partial charge in [-0.3, -0.25) is 29.8 Å². The molecule has 28 heavy (non-hydrogen) atoms. The molecule has 3 aromatic rings. The van der Waals surface area contributed by atoms with Crippen molar-refractivity contribution in [1.29, 1.82) is 0 Å². The Morgan fingerprint density at radius 2 is 1.64 bits per heavy atom. The van der Waals surface area contributed by atoms with Crippen molar-refractivity contribution < 1.29 is 9.59 Å². The summed E-state index contributed by atoms with van der Waals surface area (Å²) in [6.07, 6.45) is 3.81. The SMILES string of the molecule is O=C(NNC(=O)c1ccc2c(=O)n3c(nc2c1)CCCCC3)c1ccccc1. The summed E-state index contributed by atoms with van der Waals surface area (Å²) >= 11 is 0. The monoisotopic (exact) mass is 376 g/mol. The minimum Gasteiger partial charge on any atom is -0.296 e. The number of carbonyl (C=O) groups is 2. The molecule has 7 nitrogen and oxygen atoms in total. The maximum atomic E-state index is 12.7. The maximum Gasteiger partial charge on any atom is 0.269 e. The van der Waals surface area contributed by atoms with Gasteiger partial charge in [-0.1, -0.05) is 24.6 Å². The summed E-state index contributed by atoms with van der Waals surface area (Å²) in [6, 6.07) is 13.4. The molecule has 2 aromatic carbocycles. The van der Waals surface area contributed by atoms with E-state index >= 15 is 0 Å². The molecule has 0 radical (unpaired) electrons. The van der Waals surface area contributed by atoms with Gasteiger partial charge in [-0.05, 0) is 43.2 Å². The average Bonchev–Trinajstić information content (AvgIpc) is 2.98. The number of aryl methyl sites for hydroxylation is 1. The lowest BCUT2D eigenvalue weighted by molar-refractivity contribution is 0.0847. The zero-order valence-electron chi connectivity index (χ0n) is 15.3. The molecule has 0 aliphatic carbocycles. The molecule has 1 aliphatic rings. The number of amides is 2. The number of carbonyl (C=O) groups excluding carboxylic acids is 2. The van der Waals surface area contributed by atoms with E-state index in [4.69, 9.17) is 0 Å². The Morgan fingerprint density at radius 1 is 0.893 bits per heavy atom. The number of nitrogens with one attached hydrogen (secondary N) is 2. The first-order valence-electron chi connectivity index (χ1n) is 9.33. The molecule has 2 N–H and O–H groups in total. The Balaban J connectivity index is 1.56. The highest BCUT2D eigenvalue weighted by atomic mass is 16.2. The van der Waals surface area contributed by atoms with Gasteiger partial charge in [0.15, 0.2) is 0 Å². The van der Waals surface area contributed by atoms with Gasteiger partial charge in [0.2, 0.25) is 0 Å². The third kappa shape index (κ3) is 3.51. The van der Waals surface area contributed by atoms with Crippen LogP contribution in [-0.2, 0) is 13.0 Å². The summed E-state index contributed by atoms with van der Waals surface area (Å²) in [5.41, 5.74) is 5.99. The van der Waals surface area contributed by atoms with Gasteiger partial charge < -0.3 is 0 Å². The van der Waals surface area contributed by atoms with Gasteiger partial charge in [0, 0.05) is 24.1 Å². The van der Waals surface area contributed by atoms with Crippen LogP contribution in [0.15, 0.2) is 53.3 Å². The topological polar surface area (TPSA) is 93.1 Å². The van der Waals surface area contributed by atoms with Crippen LogP contribution in [0.3, 0.4) is 0 Å². The molecule has 1 aliphatic heterocycles. The number of aromatic nitrogens is 2. The van der Waals surface area contributed by atoms with E-state index in [1.807, 2.05) is 0 Å². The molecule has 0 unspecified atom stereocenters. The molecule has 0 spiro atoms. The van der Waals surface area contributed by atoms with E-state index in [-0.39, 0.29) is 5.56 Å². The lowest BCUT2D eigenvalue weighted by atomic mass is 10.1. The quantitative estimate of drug-likeness (QED) is 0.671. The van der Waals surface area contributed by atoms with E-state index in [2.05, 4.69) is 15.8 Å². The van der Waals surface area contributed by atoms with Gasteiger partial charge in [-0.2, -0.15) is 0 Å². The Morgan fingerprint density at radius 3 is 2.43 bits per heavy atom. The summed E-state index contributed by atoms with van der Waals surface area (Å²) in [5, 5.41) is 0.496. The summed E-state index contributed by atoms with van der Waals surface area (Å²) in [7, 11) is 0. The Hall–Kier alpha value is -3.48. The second-order valence-corrected chi connectivity index (χ2v) is 6.80. The van der Waals surface area contributed by atoms with Gasteiger partial charge in [-0.15, -0.1) is 0 Å². The molecular weight excluding hydrogens is 356 g/mol. The molecular formula is C21H20N4O3. The number of nitrogens with zero attached hydrogens (tertiary/aromatic N) is 2. The number of hydrogen-bond donors (Lipinski definition) is 2. The zero-order chi connectivity index (χ0) is 19.5. The molecule has 0 bridgehead atoms. The van der Waals surface area contributed by atoms with Crippen LogP contribution in [0.25, 0.3) is 10.9 Å². The Kier molecular flexibility index (Phi) is 4.89. The molecule has 2 amide bonds. The van der Waals surface area contributed by atoms with Gasteiger partial charge in [0.05, 0.1) is 10.9 Å². The summed E-state index contributed by atoms with van der Waals surface area (Å²) in [4.78, 5) is 41.8. The standard InChI is InChI=1S/C21H20N4O3/c26-19(14-7-3-1-4-8-14)23-24-20(27)15-10-11-16-17(13-15)22-18-9-5-2-6-12-25(18)21(16)28/h1,3-4,7-8,10-11,13H,2,5-6,9,12H2,(H,23,26)(H,24,27). The van der Waals surface area contributed by atoms with Gasteiger partial charge in [0.25, 0.3) is 17.4 Å². The second-order valence-electron chi connectivity index (χ2n) is 6.80. The minimum absolute atomic E-state index is 0.0637. The molecule has 7 heteroatoms. The first-order valence-corrected chi connectivity index (χ1v) is 9.33. The molecule has 4 rings (SSSR count). The normalized spacial score (nSPS) is 13.4. The van der Waals surface area contributed by atoms with E-state index in [9.17, 15) is 14.4 Å². The molecule has 0 saturated carbocycles. The largest absolute Gasteiger partial charge is 0.296 e. The Labute approximate surface area is 161 Å². The minimum atomic E-state index is -0.469. The molecule has 2 heterocycles. The van der Waals surface area contributed by atoms with Crippen LogP contribution < -0.4 is 16.4 Å². The predicted molar refractivity (Wildman–Crippen MR) is 105 cm³/mol. The molecule has 1 aromatic heterocycles. The highest BCUT2D eigenvalue weighted by Gasteiger charge is 2.15. The maximum absolute atomic E-state index is 12.7. The number of benzene rings is 2. The van der Waals surface area contributed by atoms with Crippen molar-refractivity contribution in [3.8, 4) is 0 Å². The summed E-state index contributed by atoms with van der Waals surface area (Å²) in [6.45, 7) is 0.685. The van der Waals surface area contributed by atoms with Crippen LogP contribution in [0, 0.1) is 0 Å². The van der Waals surface area contributed by atoms with Crippen LogP contribution in [0.2, 0.25) is 0 Å². The smallest absolute Gasteiger partial charge is 0.269 e. The fourth-order valence-corrected chi connectivity index (χ4v) is 3.41. The van der Waals surface area contributed by atoms with Crippen LogP contribution in [0.4, 0.5) is 0 Å². The van der Waals surface area contributed by atoms with E-state index in [1.165, 1.54) is 0 Å². The second kappa shape index (κ2) is 7.64. The van der Waals surface area contributed by atoms with E-state index in [0.717, 1.165) is 31.5 Å². The third-order valence-electron chi connectivity index (χ3n) is 4.90. The highest BCUT2D eigenvalue weighted by molar-refractivity contribution is 6.00. The molecule has 0 saturated heterocycles. The lowest BCUT2D eigenvalue weighted by Crippen LogP contribution is -2.41. The molecule has 142 valence electrons. The average molecular weight is 376 g/mol. The van der Waals surface area contributed by atoms with Crippen LogP contribution in [-0.4, -0.2) is 21.4 Å². The number of hydrazine groups is 1. The highest BCUT2D eigenvalue weighted by Crippen LogP contribution is 2.16. The number of fused-ring (bicyclic) bond motifs is 2. The van der Waals surface area contributed by atoms with E-state index < -0.39 is 11.8 Å². The molecule has 0 atom stereocenters. The van der Waals surface area contributed by atoms with E-state index in [1.54, 1.807) is 53.1 Å². The lowest BCUT2D eigenvalue weighted by Gasteiger charge is -2.11. The zero-order valence-corrected chi connectivity index (χ0v) is 15.3. The van der Waals surface area contributed by atoms with Crippen LogP contribution in [0.1, 0.15) is 45.8 Å². The molecule has 0 fully saturated rings. The summed E-state index contributed by atoms with van der Waals surface area (Å²) in [5.74, 6) is -0.107. The van der Waals surface area contributed by atoms with Crippen molar-refractivity contribution in [2.75, 3.05) is 0 Å². The first kappa shape index (κ1) is 17.9. The predicted octanol–water partition coefficient (Wildman–Crippen LogP) is 2.20. The van der Waals surface area contributed by atoms with Crippen molar-refractivity contribution in [2.45, 2.75) is 32.2 Å². The van der Waals surface area contributed by atoms with Crippen molar-refractivity contribution in [2.24, 2.45) is 0 Å². The van der Waals surface area contributed by atoms with E-state index in [0.29, 0.717) is 28.6 Å². The Bertz CT molecular complexity index is 1110. The van der Waals surface area contributed by atoms with Crippen molar-refractivity contribution in [3.05, 3.63) is 75.8 Å². The fraction of sp³-hybridized carbons (Fsp3) is 0.238. The van der Waals surface area contributed by atoms with Gasteiger partial charge >= 0.3 is 0 Å². The summed E-state index contributed by atoms with van der Waals surface area (Å²) < 4.78 is 1.75. The fourth-order valence-electron chi connectivity index (χ4n) is 3.41. The van der Waals surface area contributed by atoms with Crippen LogP contribution in [0.5, 0.6) is 0 Å². The first-order chi connectivity index (χ1) is 13.6. The third-order valence-corrected chi connectivity index (χ3v) is 4.90. The van der Waals surface area contributed by atoms with Crippen molar-refractivity contribution in [1.82, 2.24) is 20.4 Å². The van der Waals surface area contributed by atoms with Crippen molar-refractivity contribution in [3.63, 3.8) is 0 Å².